The molecule has 380 valence electrons. The van der Waals surface area contributed by atoms with Crippen LogP contribution in [0.2, 0.25) is 0 Å². The van der Waals surface area contributed by atoms with Crippen LogP contribution in [0.25, 0.3) is 11.1 Å². The first-order chi connectivity index (χ1) is 34.6. The van der Waals surface area contributed by atoms with Gasteiger partial charge >= 0.3 is 0 Å². The molecule has 0 amide bonds. The predicted octanol–water partition coefficient (Wildman–Crippen LogP) is 17.7. The first-order valence-corrected chi connectivity index (χ1v) is 27.9. The topological polar surface area (TPSA) is 9.72 Å². The van der Waals surface area contributed by atoms with Gasteiger partial charge in [0.1, 0.15) is 0 Å². The average Bonchev–Trinajstić information content (AvgIpc) is 3.55. The molecule has 3 heterocycles. The van der Waals surface area contributed by atoms with Gasteiger partial charge in [0.2, 0.25) is 0 Å². The van der Waals surface area contributed by atoms with E-state index in [0.29, 0.717) is 0 Å². The lowest BCUT2D eigenvalue weighted by Crippen LogP contribution is -2.61. The highest BCUT2D eigenvalue weighted by Crippen LogP contribution is 2.62. The summed E-state index contributed by atoms with van der Waals surface area (Å²) in [6.07, 6.45) is 4.85. The Balaban J connectivity index is 1.23. The van der Waals surface area contributed by atoms with Gasteiger partial charge in [-0.15, -0.1) is 0 Å². The molecule has 0 radical (unpaired) electrons. The molecule has 1 aliphatic carbocycles. The van der Waals surface area contributed by atoms with Gasteiger partial charge in [0, 0.05) is 50.8 Å². The van der Waals surface area contributed by atoms with E-state index in [0.717, 1.165) is 6.42 Å². The molecular formula is C70H82BN3. The molecule has 1 saturated carbocycles. The molecule has 3 aliphatic heterocycles. The van der Waals surface area contributed by atoms with E-state index >= 15 is 0 Å². The Labute approximate surface area is 446 Å². The third-order valence-corrected chi connectivity index (χ3v) is 18.2. The number of fused-ring (bicyclic) bond motifs is 7. The maximum absolute atomic E-state index is 2.79. The van der Waals surface area contributed by atoms with E-state index in [2.05, 4.69) is 272 Å². The van der Waals surface area contributed by atoms with E-state index < -0.39 is 0 Å². The lowest BCUT2D eigenvalue weighted by Gasteiger charge is -2.51. The van der Waals surface area contributed by atoms with Gasteiger partial charge in [-0.3, -0.25) is 0 Å². The van der Waals surface area contributed by atoms with Gasteiger partial charge in [0.05, 0.1) is 11.2 Å². The summed E-state index contributed by atoms with van der Waals surface area (Å²) in [5.74, 6) is 0. The number of hydrogen-bond acceptors (Lipinski definition) is 3. The van der Waals surface area contributed by atoms with Crippen molar-refractivity contribution in [3.05, 3.63) is 173 Å². The number of benzene rings is 7. The number of hydrogen-bond donors (Lipinski definition) is 0. The van der Waals surface area contributed by atoms with Crippen LogP contribution in [0, 0.1) is 0 Å². The van der Waals surface area contributed by atoms with Crippen LogP contribution in [0.15, 0.2) is 140 Å². The van der Waals surface area contributed by atoms with Crippen molar-refractivity contribution in [1.29, 1.82) is 0 Å². The zero-order chi connectivity index (χ0) is 52.9. The van der Waals surface area contributed by atoms with Crippen LogP contribution in [0.4, 0.5) is 45.5 Å². The van der Waals surface area contributed by atoms with Crippen molar-refractivity contribution in [3.8, 4) is 11.1 Å². The van der Waals surface area contributed by atoms with Crippen molar-refractivity contribution < 1.29 is 0 Å². The highest BCUT2D eigenvalue weighted by atomic mass is 15.3. The van der Waals surface area contributed by atoms with Gasteiger partial charge in [-0.25, -0.2) is 0 Å². The van der Waals surface area contributed by atoms with Crippen molar-refractivity contribution >= 4 is 68.6 Å². The Morgan fingerprint density at radius 2 is 0.865 bits per heavy atom. The summed E-state index contributed by atoms with van der Waals surface area (Å²) in [6, 6.07) is 55.6. The van der Waals surface area contributed by atoms with E-state index in [1.807, 2.05) is 0 Å². The Morgan fingerprint density at radius 3 is 1.47 bits per heavy atom. The summed E-state index contributed by atoms with van der Waals surface area (Å²) in [4.78, 5) is 8.12. The number of anilines is 8. The van der Waals surface area contributed by atoms with Gasteiger partial charge in [0.15, 0.2) is 0 Å². The fourth-order valence-corrected chi connectivity index (χ4v) is 13.3. The van der Waals surface area contributed by atoms with Gasteiger partial charge in [0.25, 0.3) is 6.71 Å². The maximum Gasteiger partial charge on any atom is 0.252 e. The van der Waals surface area contributed by atoms with Crippen molar-refractivity contribution in [1.82, 2.24) is 0 Å². The fourth-order valence-electron chi connectivity index (χ4n) is 13.3. The quantitative estimate of drug-likeness (QED) is 0.163. The van der Waals surface area contributed by atoms with Crippen LogP contribution in [-0.2, 0) is 32.5 Å². The largest absolute Gasteiger partial charge is 0.334 e. The second-order valence-electron chi connectivity index (χ2n) is 28.3. The molecule has 4 aliphatic rings. The Kier molecular flexibility index (Phi) is 11.4. The Bertz CT molecular complexity index is 3350. The zero-order valence-electron chi connectivity index (χ0n) is 48.0. The first kappa shape index (κ1) is 50.2. The van der Waals surface area contributed by atoms with E-state index in [9.17, 15) is 0 Å². The Hall–Kier alpha value is -6.00. The summed E-state index contributed by atoms with van der Waals surface area (Å²) < 4.78 is 0. The summed E-state index contributed by atoms with van der Waals surface area (Å²) >= 11 is 0. The SMILES string of the molecule is CC(C)(C)c1ccc(N2c3cc(N4c5ccc(C(C)(C)C)cc5C5(C)CCCCC45C)ccc3B3c4ccc(C(C)(C)C)cc4N(c4ccc(C(C)(C)C)cc4-c4ccccc4)c4cc(C(C)(C)C)cc2c43)cc1. The van der Waals surface area contributed by atoms with Gasteiger partial charge in [-0.1, -0.05) is 202 Å². The van der Waals surface area contributed by atoms with Crippen LogP contribution in [0.5, 0.6) is 0 Å². The molecule has 0 bridgehead atoms. The minimum absolute atomic E-state index is 0.00630. The lowest BCUT2D eigenvalue weighted by atomic mass is 9.33. The molecule has 2 atom stereocenters. The van der Waals surface area contributed by atoms with Crippen LogP contribution in [-0.4, -0.2) is 12.3 Å². The minimum Gasteiger partial charge on any atom is -0.334 e. The average molecular weight is 976 g/mol. The molecule has 7 aromatic carbocycles. The molecule has 0 N–H and O–H groups in total. The summed E-state index contributed by atoms with van der Waals surface area (Å²) in [5.41, 5.74) is 24.7. The predicted molar refractivity (Wildman–Crippen MR) is 322 cm³/mol. The first-order valence-electron chi connectivity index (χ1n) is 27.9. The molecule has 0 saturated heterocycles. The molecule has 7 aromatic rings. The van der Waals surface area contributed by atoms with Gasteiger partial charge in [-0.05, 0) is 163 Å². The molecule has 74 heavy (non-hydrogen) atoms. The highest BCUT2D eigenvalue weighted by molar-refractivity contribution is 7.00. The van der Waals surface area contributed by atoms with Crippen LogP contribution in [0.3, 0.4) is 0 Å². The summed E-state index contributed by atoms with van der Waals surface area (Å²) in [7, 11) is 0. The summed E-state index contributed by atoms with van der Waals surface area (Å²) in [6.45, 7) is 40.5. The van der Waals surface area contributed by atoms with E-state index in [1.165, 1.54) is 126 Å². The lowest BCUT2D eigenvalue weighted by molar-refractivity contribution is 0.195. The molecule has 1 fully saturated rings. The second kappa shape index (κ2) is 16.8. The van der Waals surface area contributed by atoms with Crippen molar-refractivity contribution in [2.24, 2.45) is 0 Å². The molecule has 0 aromatic heterocycles. The van der Waals surface area contributed by atoms with E-state index in [1.54, 1.807) is 0 Å². The normalized spacial score (nSPS) is 19.5. The maximum atomic E-state index is 2.79. The molecule has 2 unspecified atom stereocenters. The Morgan fingerprint density at radius 1 is 0.392 bits per heavy atom. The third-order valence-electron chi connectivity index (χ3n) is 18.2. The molecule has 11 rings (SSSR count). The fraction of sp³-hybridized carbons (Fsp3) is 0.400. The third kappa shape index (κ3) is 7.89. The zero-order valence-corrected chi connectivity index (χ0v) is 48.0. The van der Waals surface area contributed by atoms with E-state index in [4.69, 9.17) is 0 Å². The van der Waals surface area contributed by atoms with Crippen molar-refractivity contribution in [2.45, 2.75) is 181 Å². The molecular weight excluding hydrogens is 894 g/mol. The molecule has 4 heteroatoms. The number of rotatable bonds is 4. The van der Waals surface area contributed by atoms with Crippen molar-refractivity contribution in [2.75, 3.05) is 14.7 Å². The van der Waals surface area contributed by atoms with Crippen molar-refractivity contribution in [3.63, 3.8) is 0 Å². The van der Waals surface area contributed by atoms with Gasteiger partial charge < -0.3 is 14.7 Å². The standard InChI is InChI=1S/C70H82BN3/c1-64(2,3)46-25-30-51(31-26-46)72-60-44-52(74-58-36-29-48(66(7,8)9)40-54(58)69(16)37-21-22-38-70(69,74)17)32-34-56(60)71-55-33-27-49(67(10,11)12)41-59(55)73(62-43-50(68(13,14)15)42-61(72)63(62)71)57-35-28-47(65(4,5)6)39-53(57)45-23-19-18-20-24-45/h18-20,23-36,39-44H,21-22,37-38H2,1-17H3. The smallest absolute Gasteiger partial charge is 0.252 e. The molecule has 0 spiro atoms. The van der Waals surface area contributed by atoms with E-state index in [-0.39, 0.29) is 44.7 Å². The van der Waals surface area contributed by atoms with Crippen LogP contribution < -0.4 is 31.1 Å². The van der Waals surface area contributed by atoms with Crippen LogP contribution >= 0.6 is 0 Å². The monoisotopic (exact) mass is 976 g/mol. The van der Waals surface area contributed by atoms with Crippen LogP contribution in [0.1, 0.15) is 177 Å². The highest BCUT2D eigenvalue weighted by Gasteiger charge is 2.58. The second-order valence-corrected chi connectivity index (χ2v) is 28.3. The van der Waals surface area contributed by atoms with Gasteiger partial charge in [-0.2, -0.15) is 0 Å². The number of nitrogens with zero attached hydrogens (tertiary/aromatic N) is 3. The molecule has 3 nitrogen and oxygen atoms in total. The minimum atomic E-state index is -0.145. The summed E-state index contributed by atoms with van der Waals surface area (Å²) in [5, 5.41) is 0.